The minimum atomic E-state index is -0.516. The molecule has 0 unspecified atom stereocenters. The van der Waals surface area contributed by atoms with Crippen LogP contribution in [0.2, 0.25) is 0 Å². The van der Waals surface area contributed by atoms with Crippen LogP contribution in [-0.4, -0.2) is 29.3 Å². The number of ketones is 1. The lowest BCUT2D eigenvalue weighted by molar-refractivity contribution is -0.385. The predicted molar refractivity (Wildman–Crippen MR) is 138 cm³/mol. The number of rotatable bonds is 6. The molecule has 0 bridgehead atoms. The number of aryl methyl sites for hydroxylation is 1. The van der Waals surface area contributed by atoms with E-state index >= 15 is 0 Å². The third-order valence-corrected chi connectivity index (χ3v) is 6.08. The summed E-state index contributed by atoms with van der Waals surface area (Å²) in [6.45, 7) is 5.78. The Morgan fingerprint density at radius 3 is 2.42 bits per heavy atom. The Labute approximate surface area is 209 Å². The zero-order chi connectivity index (χ0) is 26.0. The number of amides is 1. The highest BCUT2D eigenvalue weighted by molar-refractivity contribution is 6.09. The van der Waals surface area contributed by atoms with E-state index in [1.165, 1.54) is 18.2 Å². The smallest absolute Gasteiger partial charge is 0.273 e. The molecule has 3 aromatic carbocycles. The van der Waals surface area contributed by atoms with E-state index in [0.717, 1.165) is 23.2 Å². The van der Waals surface area contributed by atoms with Crippen molar-refractivity contribution in [3.63, 3.8) is 0 Å². The van der Waals surface area contributed by atoms with Gasteiger partial charge >= 0.3 is 0 Å². The maximum Gasteiger partial charge on any atom is 0.273 e. The summed E-state index contributed by atoms with van der Waals surface area (Å²) < 4.78 is 5.36. The van der Waals surface area contributed by atoms with Gasteiger partial charge in [-0.3, -0.25) is 19.7 Å². The average molecular weight is 486 g/mol. The van der Waals surface area contributed by atoms with Gasteiger partial charge in [-0.1, -0.05) is 12.1 Å². The van der Waals surface area contributed by atoms with Gasteiger partial charge in [0.25, 0.3) is 11.6 Å². The normalized spacial score (nSPS) is 14.9. The highest BCUT2D eigenvalue weighted by Crippen LogP contribution is 2.32. The molecule has 0 spiro atoms. The molecule has 4 rings (SSSR count). The molecule has 2 N–H and O–H groups in total. The van der Waals surface area contributed by atoms with Gasteiger partial charge in [0.2, 0.25) is 0 Å². The fraction of sp³-hybridized carbons (Fsp3) is 0.214. The standard InChI is InChI=1S/C28H27N3O5/c1-17-5-6-19(13-25(17)31(34)35)27(33)29-21-10-7-18(8-11-21)26(32)15-24-23-14-22(36-4)12-9-20(23)16-28(2,3)30-24/h5-15,30H,16H2,1-4H3,(H,29,33). The molecule has 0 aromatic heterocycles. The third kappa shape index (κ3) is 5.27. The zero-order valence-electron chi connectivity index (χ0n) is 20.5. The van der Waals surface area contributed by atoms with Crippen LogP contribution in [0.25, 0.3) is 5.70 Å². The van der Waals surface area contributed by atoms with Crippen molar-refractivity contribution >= 4 is 28.8 Å². The van der Waals surface area contributed by atoms with Gasteiger partial charge in [-0.05, 0) is 75.2 Å². The monoisotopic (exact) mass is 485 g/mol. The van der Waals surface area contributed by atoms with Crippen LogP contribution in [0.15, 0.2) is 66.7 Å². The van der Waals surface area contributed by atoms with Crippen molar-refractivity contribution < 1.29 is 19.2 Å². The highest BCUT2D eigenvalue weighted by Gasteiger charge is 2.28. The number of nitro groups is 1. The van der Waals surface area contributed by atoms with E-state index in [4.69, 9.17) is 4.74 Å². The summed E-state index contributed by atoms with van der Waals surface area (Å²) in [5.74, 6) is 0.0575. The summed E-state index contributed by atoms with van der Waals surface area (Å²) in [6.07, 6.45) is 2.40. The van der Waals surface area contributed by atoms with Gasteiger partial charge in [0.05, 0.1) is 12.0 Å². The van der Waals surface area contributed by atoms with Gasteiger partial charge in [0, 0.05) is 51.3 Å². The lowest BCUT2D eigenvalue weighted by atomic mass is 9.85. The summed E-state index contributed by atoms with van der Waals surface area (Å²) in [5.41, 5.74) is 4.04. The first kappa shape index (κ1) is 24.7. The fourth-order valence-electron chi connectivity index (χ4n) is 4.24. The van der Waals surface area contributed by atoms with Crippen LogP contribution >= 0.6 is 0 Å². The molecular formula is C28H27N3O5. The molecule has 8 heteroatoms. The molecule has 1 amide bonds. The maximum atomic E-state index is 13.1. The third-order valence-electron chi connectivity index (χ3n) is 6.08. The molecule has 0 fully saturated rings. The minimum Gasteiger partial charge on any atom is -0.497 e. The molecule has 1 aliphatic rings. The van der Waals surface area contributed by atoms with E-state index in [-0.39, 0.29) is 22.6 Å². The van der Waals surface area contributed by atoms with Crippen molar-refractivity contribution in [2.75, 3.05) is 12.4 Å². The second-order valence-corrected chi connectivity index (χ2v) is 9.42. The van der Waals surface area contributed by atoms with E-state index in [1.54, 1.807) is 44.4 Å². The molecule has 3 aromatic rings. The molecule has 1 aliphatic heterocycles. The summed E-state index contributed by atoms with van der Waals surface area (Å²) in [4.78, 5) is 36.3. The number of nitrogens with one attached hydrogen (secondary N) is 2. The fourth-order valence-corrected chi connectivity index (χ4v) is 4.24. The van der Waals surface area contributed by atoms with Gasteiger partial charge in [0.1, 0.15) is 5.75 Å². The Morgan fingerprint density at radius 1 is 1.06 bits per heavy atom. The van der Waals surface area contributed by atoms with Gasteiger partial charge in [-0.25, -0.2) is 0 Å². The summed E-state index contributed by atoms with van der Waals surface area (Å²) >= 11 is 0. The van der Waals surface area contributed by atoms with Gasteiger partial charge in [-0.2, -0.15) is 0 Å². The van der Waals surface area contributed by atoms with Gasteiger partial charge in [0.15, 0.2) is 5.78 Å². The van der Waals surface area contributed by atoms with E-state index in [0.29, 0.717) is 22.6 Å². The van der Waals surface area contributed by atoms with Crippen molar-refractivity contribution in [3.05, 3.63) is 105 Å². The lowest BCUT2D eigenvalue weighted by Crippen LogP contribution is -2.43. The lowest BCUT2D eigenvalue weighted by Gasteiger charge is -2.35. The molecule has 0 aliphatic carbocycles. The summed E-state index contributed by atoms with van der Waals surface area (Å²) in [7, 11) is 1.61. The van der Waals surface area contributed by atoms with Crippen LogP contribution in [-0.2, 0) is 6.42 Å². The van der Waals surface area contributed by atoms with E-state index in [9.17, 15) is 19.7 Å². The predicted octanol–water partition coefficient (Wildman–Crippen LogP) is 5.31. The van der Waals surface area contributed by atoms with Crippen LogP contribution in [0, 0.1) is 17.0 Å². The number of fused-ring (bicyclic) bond motifs is 1. The number of allylic oxidation sites excluding steroid dienone is 1. The number of hydrogen-bond donors (Lipinski definition) is 2. The Balaban J connectivity index is 1.53. The van der Waals surface area contributed by atoms with E-state index in [1.807, 2.05) is 18.2 Å². The SMILES string of the molecule is COc1ccc2c(c1)C(=CC(=O)c1ccc(NC(=O)c3ccc(C)c([N+](=O)[O-])c3)cc1)NC(C)(C)C2. The molecule has 0 saturated heterocycles. The van der Waals surface area contributed by atoms with Crippen LogP contribution in [0.1, 0.15) is 51.3 Å². The number of anilines is 1. The zero-order valence-corrected chi connectivity index (χ0v) is 20.5. The second kappa shape index (κ2) is 9.65. The number of methoxy groups -OCH3 is 1. The molecule has 8 nitrogen and oxygen atoms in total. The van der Waals surface area contributed by atoms with Crippen molar-refractivity contribution in [1.29, 1.82) is 0 Å². The first-order chi connectivity index (χ1) is 17.1. The first-order valence-corrected chi connectivity index (χ1v) is 11.4. The molecule has 1 heterocycles. The quantitative estimate of drug-likeness (QED) is 0.212. The molecular weight excluding hydrogens is 458 g/mol. The minimum absolute atomic E-state index is 0.115. The maximum absolute atomic E-state index is 13.1. The second-order valence-electron chi connectivity index (χ2n) is 9.42. The number of hydrogen-bond acceptors (Lipinski definition) is 6. The molecule has 0 atom stereocenters. The molecule has 184 valence electrons. The van der Waals surface area contributed by atoms with Gasteiger partial charge in [-0.15, -0.1) is 0 Å². The number of carbonyl (C=O) groups excluding carboxylic acids is 2. The number of ether oxygens (including phenoxy) is 1. The number of benzene rings is 3. The van der Waals surface area contributed by atoms with E-state index in [2.05, 4.69) is 24.5 Å². The van der Waals surface area contributed by atoms with Crippen LogP contribution in [0.5, 0.6) is 5.75 Å². The number of carbonyl (C=O) groups is 2. The number of nitro benzene ring substituents is 1. The van der Waals surface area contributed by atoms with Crippen LogP contribution in [0.4, 0.5) is 11.4 Å². The Kier molecular flexibility index (Phi) is 6.61. The Morgan fingerprint density at radius 2 is 1.75 bits per heavy atom. The summed E-state index contributed by atoms with van der Waals surface area (Å²) in [5, 5.41) is 17.3. The summed E-state index contributed by atoms with van der Waals surface area (Å²) in [6, 6.07) is 16.7. The molecule has 0 saturated carbocycles. The molecule has 0 radical (unpaired) electrons. The topological polar surface area (TPSA) is 111 Å². The van der Waals surface area contributed by atoms with Gasteiger partial charge < -0.3 is 15.4 Å². The Hall–Kier alpha value is -4.46. The van der Waals surface area contributed by atoms with Crippen molar-refractivity contribution in [2.45, 2.75) is 32.7 Å². The van der Waals surface area contributed by atoms with Crippen LogP contribution < -0.4 is 15.4 Å². The number of nitrogens with zero attached hydrogens (tertiary/aromatic N) is 1. The Bertz CT molecular complexity index is 1390. The largest absolute Gasteiger partial charge is 0.497 e. The van der Waals surface area contributed by atoms with E-state index < -0.39 is 10.8 Å². The molecule has 36 heavy (non-hydrogen) atoms. The van der Waals surface area contributed by atoms with Crippen molar-refractivity contribution in [2.24, 2.45) is 0 Å². The van der Waals surface area contributed by atoms with Crippen LogP contribution in [0.3, 0.4) is 0 Å². The average Bonchev–Trinajstić information content (AvgIpc) is 2.83. The highest BCUT2D eigenvalue weighted by atomic mass is 16.6. The van der Waals surface area contributed by atoms with Crippen molar-refractivity contribution in [1.82, 2.24) is 5.32 Å². The first-order valence-electron chi connectivity index (χ1n) is 11.4. The van der Waals surface area contributed by atoms with Crippen molar-refractivity contribution in [3.8, 4) is 5.75 Å².